The van der Waals surface area contributed by atoms with Crippen molar-refractivity contribution in [3.8, 4) is 0 Å². The summed E-state index contributed by atoms with van der Waals surface area (Å²) in [6, 6.07) is 0. The van der Waals surface area contributed by atoms with Gasteiger partial charge in [-0.3, -0.25) is 0 Å². The van der Waals surface area contributed by atoms with Gasteiger partial charge in [0.15, 0.2) is 0 Å². The molecule has 0 bridgehead atoms. The molecule has 0 aliphatic carbocycles. The maximum atomic E-state index is 5.32. The molecule has 0 saturated carbocycles. The summed E-state index contributed by atoms with van der Waals surface area (Å²) in [5.41, 5.74) is 3.07. The van der Waals surface area contributed by atoms with Gasteiger partial charge in [0, 0.05) is 24.6 Å². The molecule has 1 aliphatic heterocycles. The highest BCUT2D eigenvalue weighted by Crippen LogP contribution is 2.13. The number of aryl methyl sites for hydroxylation is 1. The van der Waals surface area contributed by atoms with Crippen molar-refractivity contribution in [2.75, 3.05) is 19.8 Å². The summed E-state index contributed by atoms with van der Waals surface area (Å²) in [7, 11) is 0. The molecule has 78 valence electrons. The maximum Gasteiger partial charge on any atom is 0.0798 e. The van der Waals surface area contributed by atoms with Gasteiger partial charge in [-0.25, -0.2) is 4.98 Å². The van der Waals surface area contributed by atoms with Crippen molar-refractivity contribution < 1.29 is 4.74 Å². The summed E-state index contributed by atoms with van der Waals surface area (Å²) in [6.07, 6.45) is 1.20. The van der Waals surface area contributed by atoms with E-state index in [1.807, 2.05) is 5.51 Å². The first-order chi connectivity index (χ1) is 6.86. The number of nitrogens with one attached hydrogen (secondary N) is 1. The van der Waals surface area contributed by atoms with E-state index < -0.39 is 0 Å². The number of hydrogen-bond donors (Lipinski definition) is 1. The van der Waals surface area contributed by atoms with Crippen LogP contribution in [0.2, 0.25) is 0 Å². The van der Waals surface area contributed by atoms with Gasteiger partial charge in [-0.15, -0.1) is 11.3 Å². The van der Waals surface area contributed by atoms with E-state index >= 15 is 0 Å². The fraction of sp³-hybridized carbons (Fsp3) is 0.700. The van der Waals surface area contributed by atoms with Crippen molar-refractivity contribution >= 4 is 11.3 Å². The Morgan fingerprint density at radius 1 is 1.71 bits per heavy atom. The zero-order valence-electron chi connectivity index (χ0n) is 8.45. The average Bonchev–Trinajstić information content (AvgIpc) is 2.78. The van der Waals surface area contributed by atoms with Gasteiger partial charge < -0.3 is 10.1 Å². The van der Waals surface area contributed by atoms with Crippen LogP contribution in [-0.2, 0) is 11.3 Å². The molecule has 1 aromatic rings. The third-order valence-corrected chi connectivity index (χ3v) is 3.52. The van der Waals surface area contributed by atoms with Crippen molar-refractivity contribution in [3.05, 3.63) is 16.1 Å². The summed E-state index contributed by atoms with van der Waals surface area (Å²) in [5, 5.41) is 3.46. The smallest absolute Gasteiger partial charge is 0.0798 e. The van der Waals surface area contributed by atoms with Crippen LogP contribution >= 0.6 is 11.3 Å². The first-order valence-corrected chi connectivity index (χ1v) is 5.91. The van der Waals surface area contributed by atoms with Crippen molar-refractivity contribution in [2.24, 2.45) is 5.92 Å². The fourth-order valence-electron chi connectivity index (χ4n) is 1.63. The molecular formula is C10H16N2OS. The molecule has 2 rings (SSSR count). The number of aromatic nitrogens is 1. The van der Waals surface area contributed by atoms with Crippen LogP contribution in [0, 0.1) is 12.8 Å². The second-order valence-electron chi connectivity index (χ2n) is 3.72. The highest BCUT2D eigenvalue weighted by atomic mass is 32.1. The molecule has 1 aliphatic rings. The Morgan fingerprint density at radius 2 is 2.64 bits per heavy atom. The van der Waals surface area contributed by atoms with Crippen molar-refractivity contribution in [3.63, 3.8) is 0 Å². The van der Waals surface area contributed by atoms with Crippen LogP contribution in [0.15, 0.2) is 5.51 Å². The Morgan fingerprint density at radius 3 is 3.29 bits per heavy atom. The molecule has 1 atom stereocenters. The number of thiazole rings is 1. The highest BCUT2D eigenvalue weighted by molar-refractivity contribution is 7.09. The minimum absolute atomic E-state index is 0.711. The lowest BCUT2D eigenvalue weighted by Gasteiger charge is -2.08. The predicted octanol–water partition coefficient (Wildman–Crippen LogP) is 1.58. The number of nitrogens with zero attached hydrogens (tertiary/aromatic N) is 1. The van der Waals surface area contributed by atoms with Gasteiger partial charge in [-0.2, -0.15) is 0 Å². The van der Waals surface area contributed by atoms with Gasteiger partial charge in [0.2, 0.25) is 0 Å². The fourth-order valence-corrected chi connectivity index (χ4v) is 2.38. The Balaban J connectivity index is 1.70. The van der Waals surface area contributed by atoms with E-state index in [2.05, 4.69) is 17.2 Å². The molecule has 1 N–H and O–H groups in total. The lowest BCUT2D eigenvalue weighted by atomic mass is 10.1. The molecular weight excluding hydrogens is 196 g/mol. The molecule has 0 aromatic carbocycles. The number of ether oxygens (including phenoxy) is 1. The Kier molecular flexibility index (Phi) is 3.50. The zero-order valence-corrected chi connectivity index (χ0v) is 9.27. The lowest BCUT2D eigenvalue weighted by molar-refractivity contribution is 0.185. The molecule has 14 heavy (non-hydrogen) atoms. The Labute approximate surface area is 88.5 Å². The van der Waals surface area contributed by atoms with E-state index in [4.69, 9.17) is 4.74 Å². The van der Waals surface area contributed by atoms with E-state index in [1.165, 1.54) is 11.3 Å². The second kappa shape index (κ2) is 4.87. The summed E-state index contributed by atoms with van der Waals surface area (Å²) in [6.45, 7) is 5.94. The number of rotatable bonds is 4. The van der Waals surface area contributed by atoms with Gasteiger partial charge in [-0.1, -0.05) is 0 Å². The quantitative estimate of drug-likeness (QED) is 0.822. The van der Waals surface area contributed by atoms with E-state index in [0.29, 0.717) is 5.92 Å². The molecule has 1 aromatic heterocycles. The molecule has 0 radical (unpaired) electrons. The maximum absolute atomic E-state index is 5.32. The van der Waals surface area contributed by atoms with Crippen LogP contribution in [0.1, 0.15) is 17.0 Å². The molecule has 4 heteroatoms. The summed E-state index contributed by atoms with van der Waals surface area (Å²) < 4.78 is 5.32. The lowest BCUT2D eigenvalue weighted by Crippen LogP contribution is -2.22. The zero-order chi connectivity index (χ0) is 9.80. The second-order valence-corrected chi connectivity index (χ2v) is 4.66. The van der Waals surface area contributed by atoms with Crippen LogP contribution in [0.4, 0.5) is 0 Å². The molecule has 0 amide bonds. The van der Waals surface area contributed by atoms with Crippen LogP contribution in [-0.4, -0.2) is 24.7 Å². The highest BCUT2D eigenvalue weighted by Gasteiger charge is 2.14. The third kappa shape index (κ3) is 2.53. The van der Waals surface area contributed by atoms with Gasteiger partial charge in [0.25, 0.3) is 0 Å². The van der Waals surface area contributed by atoms with Crippen molar-refractivity contribution in [1.29, 1.82) is 0 Å². The Bertz CT molecular complexity index is 281. The van der Waals surface area contributed by atoms with Gasteiger partial charge in [0.1, 0.15) is 0 Å². The van der Waals surface area contributed by atoms with Gasteiger partial charge in [0.05, 0.1) is 17.8 Å². The van der Waals surface area contributed by atoms with Crippen LogP contribution in [0.3, 0.4) is 0 Å². The first-order valence-electron chi connectivity index (χ1n) is 5.03. The minimum Gasteiger partial charge on any atom is -0.381 e. The van der Waals surface area contributed by atoms with E-state index in [1.54, 1.807) is 11.3 Å². The average molecular weight is 212 g/mol. The normalized spacial score (nSPS) is 21.6. The predicted molar refractivity (Wildman–Crippen MR) is 57.5 cm³/mol. The molecule has 2 heterocycles. The Hall–Kier alpha value is -0.450. The molecule has 1 fully saturated rings. The standard InChI is InChI=1S/C10H16N2OS/c1-8-10(14-7-12-8)5-11-4-9-2-3-13-6-9/h7,9,11H,2-6H2,1H3. The van der Waals surface area contributed by atoms with E-state index in [-0.39, 0.29) is 0 Å². The van der Waals surface area contributed by atoms with Crippen molar-refractivity contribution in [1.82, 2.24) is 10.3 Å². The van der Waals surface area contributed by atoms with Gasteiger partial charge >= 0.3 is 0 Å². The molecule has 0 spiro atoms. The van der Waals surface area contributed by atoms with Crippen LogP contribution < -0.4 is 5.32 Å². The number of hydrogen-bond acceptors (Lipinski definition) is 4. The molecule has 1 saturated heterocycles. The summed E-state index contributed by atoms with van der Waals surface area (Å²) in [4.78, 5) is 5.57. The topological polar surface area (TPSA) is 34.2 Å². The van der Waals surface area contributed by atoms with Crippen LogP contribution in [0.25, 0.3) is 0 Å². The molecule has 3 nitrogen and oxygen atoms in total. The summed E-state index contributed by atoms with van der Waals surface area (Å²) >= 11 is 1.73. The van der Waals surface area contributed by atoms with Crippen molar-refractivity contribution in [2.45, 2.75) is 19.9 Å². The summed E-state index contributed by atoms with van der Waals surface area (Å²) in [5.74, 6) is 0.711. The first kappa shape index (κ1) is 10.1. The largest absolute Gasteiger partial charge is 0.381 e. The minimum atomic E-state index is 0.711. The van der Waals surface area contributed by atoms with Crippen LogP contribution in [0.5, 0.6) is 0 Å². The third-order valence-electron chi connectivity index (χ3n) is 2.59. The van der Waals surface area contributed by atoms with E-state index in [9.17, 15) is 0 Å². The molecule has 1 unspecified atom stereocenters. The van der Waals surface area contributed by atoms with Gasteiger partial charge in [-0.05, 0) is 19.3 Å². The SMILES string of the molecule is Cc1ncsc1CNCC1CCOC1. The van der Waals surface area contributed by atoms with E-state index in [0.717, 1.165) is 32.0 Å². The monoisotopic (exact) mass is 212 g/mol.